The van der Waals surface area contributed by atoms with Gasteiger partial charge in [-0.05, 0) is 36.4 Å². The first-order valence-corrected chi connectivity index (χ1v) is 9.63. The number of rotatable bonds is 4. The van der Waals surface area contributed by atoms with Crippen molar-refractivity contribution in [3.8, 4) is 22.8 Å². The van der Waals surface area contributed by atoms with Crippen LogP contribution in [0.2, 0.25) is 5.02 Å². The third-order valence-corrected chi connectivity index (χ3v) is 4.94. The number of hydrogen-bond donors (Lipinski definition) is 2. The van der Waals surface area contributed by atoms with Gasteiger partial charge in [-0.25, -0.2) is 9.37 Å². The Hall–Kier alpha value is -3.45. The normalized spacial score (nSPS) is 12.1. The van der Waals surface area contributed by atoms with E-state index in [4.69, 9.17) is 21.8 Å². The quantitative estimate of drug-likeness (QED) is 0.337. The first-order chi connectivity index (χ1) is 14.3. The largest absolute Gasteiger partial charge is 0.454 e. The molecule has 0 atom stereocenters. The summed E-state index contributed by atoms with van der Waals surface area (Å²) in [7, 11) is 0. The lowest BCUT2D eigenvalue weighted by Crippen LogP contribution is -2.20. The zero-order valence-corrected chi connectivity index (χ0v) is 17.0. The first-order valence-electron chi connectivity index (χ1n) is 9.25. The maximum Gasteiger partial charge on any atom is 0.278 e. The van der Waals surface area contributed by atoms with Gasteiger partial charge in [-0.3, -0.25) is 4.79 Å². The Morgan fingerprint density at radius 1 is 1.27 bits per heavy atom. The summed E-state index contributed by atoms with van der Waals surface area (Å²) < 4.78 is 20.0. The monoisotopic (exact) mass is 424 g/mol. The summed E-state index contributed by atoms with van der Waals surface area (Å²) in [6.07, 6.45) is 1.54. The van der Waals surface area contributed by atoms with Crippen molar-refractivity contribution in [1.29, 1.82) is 0 Å². The van der Waals surface area contributed by atoms with Crippen molar-refractivity contribution in [1.82, 2.24) is 9.97 Å². The number of benzene rings is 2. The van der Waals surface area contributed by atoms with Crippen LogP contribution in [0.25, 0.3) is 33.8 Å². The standard InChI is InChI=1S/C22H18ClFN4O2/c1-11(2)20(25)28-22(29)12-6-7-17-13(8-12)9-18(30-17)16-10-26-21(27-16)19-14(23)4-3-5-15(19)24/h3-11H,1-2H3,(H,26,27)(H2,25,28,29). The minimum absolute atomic E-state index is 0.0178. The Bertz CT molecular complexity index is 1270. The fourth-order valence-electron chi connectivity index (χ4n) is 2.92. The molecule has 0 aliphatic heterocycles. The number of aromatic nitrogens is 2. The van der Waals surface area contributed by atoms with Crippen LogP contribution in [0.4, 0.5) is 4.39 Å². The highest BCUT2D eigenvalue weighted by atomic mass is 35.5. The molecule has 152 valence electrons. The molecule has 30 heavy (non-hydrogen) atoms. The number of nitrogens with zero attached hydrogens (tertiary/aromatic N) is 2. The SMILES string of the molecule is CC(C)C(N)=NC(=O)c1ccc2oc(-c3cnc(-c4c(F)cccc4Cl)[nH]3)cc2c1. The van der Waals surface area contributed by atoms with Crippen molar-refractivity contribution in [3.63, 3.8) is 0 Å². The van der Waals surface area contributed by atoms with Crippen LogP contribution in [0, 0.1) is 11.7 Å². The summed E-state index contributed by atoms with van der Waals surface area (Å²) in [5, 5.41) is 0.971. The molecule has 8 heteroatoms. The molecule has 0 saturated heterocycles. The molecule has 3 N–H and O–H groups in total. The second-order valence-electron chi connectivity index (χ2n) is 7.10. The number of nitrogens with two attached hydrogens (primary N) is 1. The number of imidazole rings is 1. The van der Waals surface area contributed by atoms with Crippen molar-refractivity contribution in [2.24, 2.45) is 16.6 Å². The summed E-state index contributed by atoms with van der Waals surface area (Å²) in [6, 6.07) is 11.2. The Morgan fingerprint density at radius 2 is 2.07 bits per heavy atom. The van der Waals surface area contributed by atoms with Crippen LogP contribution >= 0.6 is 11.6 Å². The van der Waals surface area contributed by atoms with E-state index in [0.717, 1.165) is 0 Å². The molecule has 0 radical (unpaired) electrons. The number of amidine groups is 1. The second kappa shape index (κ2) is 7.76. The molecule has 1 amide bonds. The molecular formula is C22H18ClFN4O2. The van der Waals surface area contributed by atoms with Gasteiger partial charge in [0.15, 0.2) is 5.76 Å². The third-order valence-electron chi connectivity index (χ3n) is 4.63. The summed E-state index contributed by atoms with van der Waals surface area (Å²) >= 11 is 6.11. The van der Waals surface area contributed by atoms with Crippen LogP contribution in [-0.4, -0.2) is 21.7 Å². The van der Waals surface area contributed by atoms with Gasteiger partial charge in [0.1, 0.15) is 28.8 Å². The highest BCUT2D eigenvalue weighted by Gasteiger charge is 2.16. The maximum atomic E-state index is 14.2. The van der Waals surface area contributed by atoms with Crippen LogP contribution in [0.15, 0.2) is 58.1 Å². The third kappa shape index (κ3) is 3.71. The smallest absolute Gasteiger partial charge is 0.278 e. The molecule has 0 saturated carbocycles. The van der Waals surface area contributed by atoms with Gasteiger partial charge in [-0.15, -0.1) is 0 Å². The van der Waals surface area contributed by atoms with Gasteiger partial charge < -0.3 is 15.1 Å². The molecule has 4 aromatic rings. The molecule has 0 aliphatic rings. The van der Waals surface area contributed by atoms with E-state index in [0.29, 0.717) is 33.8 Å². The lowest BCUT2D eigenvalue weighted by atomic mass is 10.1. The number of furan rings is 1. The van der Waals surface area contributed by atoms with Gasteiger partial charge >= 0.3 is 0 Å². The Morgan fingerprint density at radius 3 is 2.80 bits per heavy atom. The van der Waals surface area contributed by atoms with Gasteiger partial charge in [0, 0.05) is 16.9 Å². The second-order valence-corrected chi connectivity index (χ2v) is 7.51. The first kappa shape index (κ1) is 19.8. The van der Waals surface area contributed by atoms with Gasteiger partial charge in [0.25, 0.3) is 5.91 Å². The molecule has 0 spiro atoms. The number of halogens is 2. The number of carbonyl (C=O) groups excluding carboxylic acids is 1. The maximum absolute atomic E-state index is 14.2. The molecule has 0 unspecified atom stereocenters. The summed E-state index contributed by atoms with van der Waals surface area (Å²) in [4.78, 5) is 23.5. The predicted octanol–water partition coefficient (Wildman–Crippen LogP) is 5.44. The number of aromatic amines is 1. The molecule has 2 aromatic carbocycles. The van der Waals surface area contributed by atoms with Crippen molar-refractivity contribution < 1.29 is 13.6 Å². The van der Waals surface area contributed by atoms with Crippen molar-refractivity contribution >= 4 is 34.3 Å². The molecule has 0 aliphatic carbocycles. The zero-order chi connectivity index (χ0) is 21.4. The number of carbonyl (C=O) groups is 1. The van der Waals surface area contributed by atoms with Crippen LogP contribution in [-0.2, 0) is 0 Å². The molecule has 4 rings (SSSR count). The lowest BCUT2D eigenvalue weighted by molar-refractivity contribution is 0.100. The van der Waals surface area contributed by atoms with E-state index in [1.54, 1.807) is 30.3 Å². The zero-order valence-electron chi connectivity index (χ0n) is 16.2. The average molecular weight is 425 g/mol. The van der Waals surface area contributed by atoms with E-state index in [1.165, 1.54) is 18.3 Å². The minimum Gasteiger partial charge on any atom is -0.454 e. The number of nitrogens with one attached hydrogen (secondary N) is 1. The number of amides is 1. The topological polar surface area (TPSA) is 97.3 Å². The van der Waals surface area contributed by atoms with E-state index >= 15 is 0 Å². The van der Waals surface area contributed by atoms with E-state index in [9.17, 15) is 9.18 Å². The molecule has 6 nitrogen and oxygen atoms in total. The number of aliphatic imine (C=N–C) groups is 1. The Kier molecular flexibility index (Phi) is 5.13. The number of hydrogen-bond acceptors (Lipinski definition) is 3. The molecule has 2 heterocycles. The Labute approximate surface area is 176 Å². The van der Waals surface area contributed by atoms with Gasteiger partial charge in [0.2, 0.25) is 0 Å². The summed E-state index contributed by atoms with van der Waals surface area (Å²) in [5.74, 6) is 0.163. The highest BCUT2D eigenvalue weighted by Crippen LogP contribution is 2.32. The minimum atomic E-state index is -0.475. The molecule has 0 bridgehead atoms. The molecule has 0 fully saturated rings. The fraction of sp³-hybridized carbons (Fsp3) is 0.136. The molecule has 2 aromatic heterocycles. The van der Waals surface area contributed by atoms with Crippen LogP contribution in [0.5, 0.6) is 0 Å². The average Bonchev–Trinajstić information content (AvgIpc) is 3.34. The van der Waals surface area contributed by atoms with Crippen molar-refractivity contribution in [3.05, 3.63) is 65.1 Å². The van der Waals surface area contributed by atoms with E-state index in [2.05, 4.69) is 15.0 Å². The predicted molar refractivity (Wildman–Crippen MR) is 115 cm³/mol. The van der Waals surface area contributed by atoms with Crippen LogP contribution in [0.3, 0.4) is 0 Å². The van der Waals surface area contributed by atoms with E-state index in [1.807, 2.05) is 13.8 Å². The van der Waals surface area contributed by atoms with Gasteiger partial charge in [-0.2, -0.15) is 4.99 Å². The van der Waals surface area contributed by atoms with Gasteiger partial charge in [0.05, 0.1) is 16.8 Å². The van der Waals surface area contributed by atoms with E-state index in [-0.39, 0.29) is 22.3 Å². The van der Waals surface area contributed by atoms with Crippen LogP contribution in [0.1, 0.15) is 24.2 Å². The summed E-state index contributed by atoms with van der Waals surface area (Å²) in [6.45, 7) is 3.73. The highest BCUT2D eigenvalue weighted by molar-refractivity contribution is 6.33. The van der Waals surface area contributed by atoms with Gasteiger partial charge in [-0.1, -0.05) is 31.5 Å². The number of H-pyrrole nitrogens is 1. The number of fused-ring (bicyclic) bond motifs is 1. The van der Waals surface area contributed by atoms with Crippen molar-refractivity contribution in [2.75, 3.05) is 0 Å². The Balaban J connectivity index is 1.68. The lowest BCUT2D eigenvalue weighted by Gasteiger charge is -2.02. The van der Waals surface area contributed by atoms with Crippen LogP contribution < -0.4 is 5.73 Å². The van der Waals surface area contributed by atoms with Crippen molar-refractivity contribution in [2.45, 2.75) is 13.8 Å². The summed E-state index contributed by atoms with van der Waals surface area (Å²) in [5.41, 5.74) is 7.51. The van der Waals surface area contributed by atoms with E-state index < -0.39 is 11.7 Å². The fourth-order valence-corrected chi connectivity index (χ4v) is 3.17. The molecular weight excluding hydrogens is 407 g/mol.